The molecule has 1 N–H and O–H groups in total. The van der Waals surface area contributed by atoms with Gasteiger partial charge in [0.05, 0.1) is 11.3 Å². The normalized spacial score (nSPS) is 10.1. The van der Waals surface area contributed by atoms with Gasteiger partial charge in [-0.2, -0.15) is 0 Å². The molecule has 5 nitrogen and oxygen atoms in total. The van der Waals surface area contributed by atoms with Gasteiger partial charge in [-0.1, -0.05) is 0 Å². The molecule has 0 aliphatic heterocycles. The fourth-order valence-electron chi connectivity index (χ4n) is 0.969. The third-order valence-corrected chi connectivity index (χ3v) is 3.69. The quantitative estimate of drug-likeness (QED) is 0.514. The highest BCUT2D eigenvalue weighted by molar-refractivity contribution is 9.10. The van der Waals surface area contributed by atoms with E-state index in [1.807, 2.05) is 0 Å². The van der Waals surface area contributed by atoms with E-state index in [2.05, 4.69) is 15.9 Å². The number of carboxylic acid groups (broad SMARTS) is 1. The molecule has 16 heavy (non-hydrogen) atoms. The number of nitro benzene ring substituents is 1. The van der Waals surface area contributed by atoms with Crippen molar-refractivity contribution < 1.29 is 14.8 Å². The van der Waals surface area contributed by atoms with E-state index in [9.17, 15) is 14.9 Å². The standard InChI is InChI=1S/C9H8BrNO4S/c10-7-5-6(11(14)15)1-2-8(7)16-4-3-9(12)13/h1-2,5H,3-4H2,(H,12,13). The van der Waals surface area contributed by atoms with Crippen LogP contribution in [0.4, 0.5) is 5.69 Å². The number of nitrogens with zero attached hydrogens (tertiary/aromatic N) is 1. The SMILES string of the molecule is O=C(O)CCSc1ccc([N+](=O)[O-])cc1Br. The van der Waals surface area contributed by atoms with Gasteiger partial charge in [0.15, 0.2) is 0 Å². The van der Waals surface area contributed by atoms with Crippen molar-refractivity contribution in [2.45, 2.75) is 11.3 Å². The van der Waals surface area contributed by atoms with E-state index in [1.54, 1.807) is 6.07 Å². The molecule has 1 aromatic rings. The molecule has 1 aromatic carbocycles. The van der Waals surface area contributed by atoms with E-state index in [-0.39, 0.29) is 12.1 Å². The Morgan fingerprint density at radius 2 is 2.25 bits per heavy atom. The summed E-state index contributed by atoms with van der Waals surface area (Å²) in [6, 6.07) is 4.41. The van der Waals surface area contributed by atoms with Gasteiger partial charge in [0.2, 0.25) is 0 Å². The van der Waals surface area contributed by atoms with E-state index < -0.39 is 10.9 Å². The number of aliphatic carboxylic acids is 1. The summed E-state index contributed by atoms with van der Waals surface area (Å²) in [6.45, 7) is 0. The van der Waals surface area contributed by atoms with Crippen LogP contribution in [-0.4, -0.2) is 21.8 Å². The lowest BCUT2D eigenvalue weighted by atomic mass is 10.3. The summed E-state index contributed by atoms with van der Waals surface area (Å²) in [5.41, 5.74) is 0.00876. The van der Waals surface area contributed by atoms with Gasteiger partial charge in [-0.05, 0) is 22.0 Å². The number of carboxylic acids is 1. The van der Waals surface area contributed by atoms with Crippen LogP contribution in [0.15, 0.2) is 27.6 Å². The van der Waals surface area contributed by atoms with Crippen LogP contribution < -0.4 is 0 Å². The second kappa shape index (κ2) is 5.86. The summed E-state index contributed by atoms with van der Waals surface area (Å²) in [5.74, 6) is -0.420. The molecular weight excluding hydrogens is 298 g/mol. The number of halogens is 1. The number of hydrogen-bond donors (Lipinski definition) is 1. The first-order valence-corrected chi connectivity index (χ1v) is 6.07. The fourth-order valence-corrected chi connectivity index (χ4v) is 2.54. The molecule has 86 valence electrons. The average Bonchev–Trinajstić information content (AvgIpc) is 2.19. The number of thioether (sulfide) groups is 1. The Hall–Kier alpha value is -1.08. The Bertz CT molecular complexity index is 424. The molecule has 0 saturated carbocycles. The van der Waals surface area contributed by atoms with Gasteiger partial charge < -0.3 is 5.11 Å². The van der Waals surface area contributed by atoms with E-state index >= 15 is 0 Å². The Balaban J connectivity index is 2.68. The van der Waals surface area contributed by atoms with Crippen molar-refractivity contribution in [2.75, 3.05) is 5.75 Å². The second-order valence-electron chi connectivity index (χ2n) is 2.86. The molecule has 1 rings (SSSR count). The molecule has 0 radical (unpaired) electrons. The van der Waals surface area contributed by atoms with Gasteiger partial charge >= 0.3 is 5.97 Å². The number of hydrogen-bond acceptors (Lipinski definition) is 4. The second-order valence-corrected chi connectivity index (χ2v) is 4.86. The van der Waals surface area contributed by atoms with Crippen LogP contribution in [0, 0.1) is 10.1 Å². The predicted octanol–water partition coefficient (Wildman–Crippen LogP) is 2.92. The number of rotatable bonds is 5. The Kier molecular flexibility index (Phi) is 4.75. The molecule has 0 saturated heterocycles. The Labute approximate surface area is 104 Å². The maximum Gasteiger partial charge on any atom is 0.304 e. The van der Waals surface area contributed by atoms with Crippen LogP contribution in [0.1, 0.15) is 6.42 Å². The van der Waals surface area contributed by atoms with Crippen molar-refractivity contribution in [2.24, 2.45) is 0 Å². The largest absolute Gasteiger partial charge is 0.481 e. The molecule has 0 amide bonds. The molecule has 0 fully saturated rings. The van der Waals surface area contributed by atoms with Crippen molar-refractivity contribution in [1.82, 2.24) is 0 Å². The molecule has 0 aromatic heterocycles. The van der Waals surface area contributed by atoms with Crippen LogP contribution in [-0.2, 0) is 4.79 Å². The van der Waals surface area contributed by atoms with E-state index in [4.69, 9.17) is 5.11 Å². The minimum absolute atomic E-state index is 0.00876. The Morgan fingerprint density at radius 3 is 2.75 bits per heavy atom. The number of non-ortho nitro benzene ring substituents is 1. The molecule has 0 unspecified atom stereocenters. The number of benzene rings is 1. The maximum atomic E-state index is 10.5. The fraction of sp³-hybridized carbons (Fsp3) is 0.222. The molecule has 0 spiro atoms. The van der Waals surface area contributed by atoms with Crippen molar-refractivity contribution in [3.8, 4) is 0 Å². The molecule has 0 bridgehead atoms. The lowest BCUT2D eigenvalue weighted by Crippen LogP contribution is -1.96. The highest BCUT2D eigenvalue weighted by Gasteiger charge is 2.09. The summed E-state index contributed by atoms with van der Waals surface area (Å²) in [5, 5.41) is 18.9. The summed E-state index contributed by atoms with van der Waals surface area (Å²) >= 11 is 4.56. The van der Waals surface area contributed by atoms with Gasteiger partial charge in [-0.15, -0.1) is 11.8 Å². The van der Waals surface area contributed by atoms with Crippen molar-refractivity contribution >= 4 is 39.3 Å². The van der Waals surface area contributed by atoms with Crippen LogP contribution in [0.3, 0.4) is 0 Å². The number of nitro groups is 1. The van der Waals surface area contributed by atoms with Crippen molar-refractivity contribution in [3.05, 3.63) is 32.8 Å². The lowest BCUT2D eigenvalue weighted by molar-refractivity contribution is -0.385. The first-order valence-electron chi connectivity index (χ1n) is 4.29. The van der Waals surface area contributed by atoms with Crippen molar-refractivity contribution in [1.29, 1.82) is 0 Å². The summed E-state index contributed by atoms with van der Waals surface area (Å²) < 4.78 is 0.608. The highest BCUT2D eigenvalue weighted by Crippen LogP contribution is 2.30. The van der Waals surface area contributed by atoms with Gasteiger partial charge in [0, 0.05) is 27.3 Å². The zero-order valence-corrected chi connectivity index (χ0v) is 10.5. The lowest BCUT2D eigenvalue weighted by Gasteiger charge is -2.02. The smallest absolute Gasteiger partial charge is 0.304 e. The third kappa shape index (κ3) is 3.82. The highest BCUT2D eigenvalue weighted by atomic mass is 79.9. The first kappa shape index (κ1) is 13.0. The van der Waals surface area contributed by atoms with Gasteiger partial charge in [-0.3, -0.25) is 14.9 Å². The zero-order valence-electron chi connectivity index (χ0n) is 8.05. The van der Waals surface area contributed by atoms with Gasteiger partial charge in [-0.25, -0.2) is 0 Å². The number of carbonyl (C=O) groups is 1. The summed E-state index contributed by atoms with van der Waals surface area (Å²) in [7, 11) is 0. The minimum Gasteiger partial charge on any atom is -0.481 e. The Morgan fingerprint density at radius 1 is 1.56 bits per heavy atom. The maximum absolute atomic E-state index is 10.5. The van der Waals surface area contributed by atoms with Crippen LogP contribution >= 0.6 is 27.7 Å². The first-order chi connectivity index (χ1) is 7.50. The monoisotopic (exact) mass is 305 g/mol. The average molecular weight is 306 g/mol. The topological polar surface area (TPSA) is 80.4 Å². The van der Waals surface area contributed by atoms with Gasteiger partial charge in [0.1, 0.15) is 0 Å². The van der Waals surface area contributed by atoms with Crippen LogP contribution in [0.2, 0.25) is 0 Å². The van der Waals surface area contributed by atoms with Crippen LogP contribution in [0.5, 0.6) is 0 Å². The van der Waals surface area contributed by atoms with Crippen LogP contribution in [0.25, 0.3) is 0 Å². The summed E-state index contributed by atoms with van der Waals surface area (Å²) in [6.07, 6.45) is 0.0636. The third-order valence-electron chi connectivity index (χ3n) is 1.70. The summed E-state index contributed by atoms with van der Waals surface area (Å²) in [4.78, 5) is 21.1. The molecule has 0 heterocycles. The predicted molar refractivity (Wildman–Crippen MR) is 63.8 cm³/mol. The molecule has 0 atom stereocenters. The molecule has 7 heteroatoms. The molecule has 0 aliphatic carbocycles. The molecule has 0 aliphatic rings. The van der Waals surface area contributed by atoms with E-state index in [0.29, 0.717) is 10.2 Å². The van der Waals surface area contributed by atoms with E-state index in [0.717, 1.165) is 4.90 Å². The van der Waals surface area contributed by atoms with Gasteiger partial charge in [0.25, 0.3) is 5.69 Å². The molecular formula is C9H8BrNO4S. The minimum atomic E-state index is -0.856. The van der Waals surface area contributed by atoms with E-state index in [1.165, 1.54) is 23.9 Å². The zero-order chi connectivity index (χ0) is 12.1. The van der Waals surface area contributed by atoms with Crippen molar-refractivity contribution in [3.63, 3.8) is 0 Å².